The van der Waals surface area contributed by atoms with Crippen molar-refractivity contribution in [2.24, 2.45) is 0 Å². The van der Waals surface area contributed by atoms with E-state index in [-0.39, 0.29) is 17.2 Å². The molecule has 0 aliphatic rings. The molecule has 0 aromatic carbocycles. The lowest BCUT2D eigenvalue weighted by atomic mass is 10.1. The maximum absolute atomic E-state index is 5.76. The minimum absolute atomic E-state index is 0.0674. The average molecular weight is 261 g/mol. The number of hydrogen-bond donors (Lipinski definition) is 1. The molecule has 110 valence electrons. The molecule has 1 atom stereocenters. The zero-order valence-electron chi connectivity index (χ0n) is 13.1. The van der Waals surface area contributed by atoms with Gasteiger partial charge >= 0.3 is 0 Å². The van der Waals surface area contributed by atoms with Gasteiger partial charge in [-0.05, 0) is 41.5 Å². The van der Waals surface area contributed by atoms with Crippen LogP contribution < -0.4 is 5.32 Å². The van der Waals surface area contributed by atoms with E-state index in [0.717, 1.165) is 6.54 Å². The van der Waals surface area contributed by atoms with E-state index in [1.165, 1.54) is 0 Å². The van der Waals surface area contributed by atoms with Gasteiger partial charge in [0.1, 0.15) is 0 Å². The predicted molar refractivity (Wildman–Crippen MR) is 75.1 cm³/mol. The molecule has 0 amide bonds. The van der Waals surface area contributed by atoms with Crippen LogP contribution in [-0.4, -0.2) is 50.7 Å². The minimum Gasteiger partial charge on any atom is -0.382 e. The molecule has 4 heteroatoms. The average Bonchev–Trinajstić information content (AvgIpc) is 2.18. The first kappa shape index (κ1) is 17.8. The van der Waals surface area contributed by atoms with Crippen LogP contribution in [0.3, 0.4) is 0 Å². The Balaban J connectivity index is 3.83. The van der Waals surface area contributed by atoms with Crippen LogP contribution in [-0.2, 0) is 14.2 Å². The third kappa shape index (κ3) is 12.3. The normalized spacial score (nSPS) is 14.8. The van der Waals surface area contributed by atoms with Gasteiger partial charge < -0.3 is 19.5 Å². The summed E-state index contributed by atoms with van der Waals surface area (Å²) in [6.07, 6.45) is 0.0674. The summed E-state index contributed by atoms with van der Waals surface area (Å²) < 4.78 is 16.5. The van der Waals surface area contributed by atoms with E-state index in [1.807, 2.05) is 20.8 Å². The zero-order chi connectivity index (χ0) is 14.2. The van der Waals surface area contributed by atoms with E-state index >= 15 is 0 Å². The molecule has 0 aromatic heterocycles. The van der Waals surface area contributed by atoms with Gasteiger partial charge in [0.25, 0.3) is 0 Å². The van der Waals surface area contributed by atoms with Crippen molar-refractivity contribution in [2.45, 2.75) is 58.8 Å². The van der Waals surface area contributed by atoms with Crippen molar-refractivity contribution in [2.75, 3.05) is 33.5 Å². The van der Waals surface area contributed by atoms with E-state index < -0.39 is 0 Å². The molecule has 0 aliphatic carbocycles. The van der Waals surface area contributed by atoms with Gasteiger partial charge in [0, 0.05) is 19.2 Å². The Kier molecular flexibility index (Phi) is 8.03. The summed E-state index contributed by atoms with van der Waals surface area (Å²) in [5, 5.41) is 3.42. The highest BCUT2D eigenvalue weighted by Gasteiger charge is 2.15. The van der Waals surface area contributed by atoms with E-state index in [2.05, 4.69) is 26.1 Å². The van der Waals surface area contributed by atoms with Crippen LogP contribution in [0.1, 0.15) is 41.5 Å². The highest BCUT2D eigenvalue weighted by molar-refractivity contribution is 4.73. The lowest BCUT2D eigenvalue weighted by Gasteiger charge is -2.26. The topological polar surface area (TPSA) is 39.7 Å². The van der Waals surface area contributed by atoms with Gasteiger partial charge in [-0.2, -0.15) is 0 Å². The Bertz CT molecular complexity index is 206. The van der Waals surface area contributed by atoms with Gasteiger partial charge in [-0.3, -0.25) is 0 Å². The van der Waals surface area contributed by atoms with Gasteiger partial charge in [0.05, 0.1) is 31.5 Å². The molecule has 0 spiro atoms. The maximum atomic E-state index is 5.76. The molecule has 0 bridgehead atoms. The Labute approximate surface area is 112 Å². The maximum Gasteiger partial charge on any atom is 0.0933 e. The molecule has 1 unspecified atom stereocenters. The minimum atomic E-state index is -0.107. The van der Waals surface area contributed by atoms with Gasteiger partial charge in [-0.25, -0.2) is 0 Å². The van der Waals surface area contributed by atoms with E-state index in [9.17, 15) is 0 Å². The van der Waals surface area contributed by atoms with Crippen molar-refractivity contribution in [1.82, 2.24) is 5.32 Å². The largest absolute Gasteiger partial charge is 0.382 e. The highest BCUT2D eigenvalue weighted by atomic mass is 16.6. The van der Waals surface area contributed by atoms with Gasteiger partial charge in [0.2, 0.25) is 0 Å². The second-order valence-electron chi connectivity index (χ2n) is 6.54. The van der Waals surface area contributed by atoms with Gasteiger partial charge in [-0.1, -0.05) is 0 Å². The first-order valence-corrected chi connectivity index (χ1v) is 6.63. The van der Waals surface area contributed by atoms with Crippen molar-refractivity contribution in [3.8, 4) is 0 Å². The molecule has 0 aromatic rings. The fourth-order valence-corrected chi connectivity index (χ4v) is 1.33. The first-order valence-electron chi connectivity index (χ1n) is 6.63. The second kappa shape index (κ2) is 8.10. The molecule has 0 radical (unpaired) electrons. The Hall–Kier alpha value is -0.160. The lowest BCUT2D eigenvalue weighted by molar-refractivity contribution is -0.0649. The molecule has 0 aliphatic heterocycles. The Morgan fingerprint density at radius 3 is 2.06 bits per heavy atom. The summed E-state index contributed by atoms with van der Waals surface area (Å²) in [6.45, 7) is 15.1. The van der Waals surface area contributed by atoms with E-state index in [0.29, 0.717) is 19.8 Å². The van der Waals surface area contributed by atoms with Crippen LogP contribution in [0.4, 0.5) is 0 Å². The van der Waals surface area contributed by atoms with Crippen LogP contribution in [0.15, 0.2) is 0 Å². The van der Waals surface area contributed by atoms with Crippen molar-refractivity contribution in [3.05, 3.63) is 0 Å². The van der Waals surface area contributed by atoms with Crippen molar-refractivity contribution < 1.29 is 14.2 Å². The molecule has 0 fully saturated rings. The van der Waals surface area contributed by atoms with Crippen LogP contribution in [0.5, 0.6) is 0 Å². The lowest BCUT2D eigenvalue weighted by Crippen LogP contribution is -2.43. The summed E-state index contributed by atoms with van der Waals surface area (Å²) in [5.74, 6) is 0. The molecule has 4 nitrogen and oxygen atoms in total. The predicted octanol–water partition coefficient (Wildman–Crippen LogP) is 2.22. The SMILES string of the molecule is COCC(CNC(C)(C)C)OCCOC(C)(C)C. The summed E-state index contributed by atoms with van der Waals surface area (Å²) in [5.41, 5.74) is -0.0129. The van der Waals surface area contributed by atoms with Crippen LogP contribution in [0, 0.1) is 0 Å². The quantitative estimate of drug-likeness (QED) is 0.680. The monoisotopic (exact) mass is 261 g/mol. The van der Waals surface area contributed by atoms with Gasteiger partial charge in [-0.15, -0.1) is 0 Å². The fourth-order valence-electron chi connectivity index (χ4n) is 1.33. The first-order chi connectivity index (χ1) is 8.14. The number of methoxy groups -OCH3 is 1. The molecule has 18 heavy (non-hydrogen) atoms. The van der Waals surface area contributed by atoms with Gasteiger partial charge in [0.15, 0.2) is 0 Å². The van der Waals surface area contributed by atoms with Crippen LogP contribution in [0.2, 0.25) is 0 Å². The number of hydrogen-bond acceptors (Lipinski definition) is 4. The molecular weight excluding hydrogens is 230 g/mol. The van der Waals surface area contributed by atoms with E-state index in [4.69, 9.17) is 14.2 Å². The van der Waals surface area contributed by atoms with Crippen LogP contribution in [0.25, 0.3) is 0 Å². The number of rotatable bonds is 8. The van der Waals surface area contributed by atoms with Crippen molar-refractivity contribution in [1.29, 1.82) is 0 Å². The smallest absolute Gasteiger partial charge is 0.0933 e. The number of nitrogens with one attached hydrogen (secondary N) is 1. The molecule has 0 rings (SSSR count). The molecule has 0 heterocycles. The van der Waals surface area contributed by atoms with Crippen LogP contribution >= 0.6 is 0 Å². The Morgan fingerprint density at radius 2 is 1.61 bits per heavy atom. The standard InChI is InChI=1S/C14H31NO3/c1-13(2,3)15-10-12(11-16-7)17-8-9-18-14(4,5)6/h12,15H,8-11H2,1-7H3. The third-order valence-electron chi connectivity index (χ3n) is 2.18. The molecule has 0 saturated carbocycles. The summed E-state index contributed by atoms with van der Waals surface area (Å²) in [4.78, 5) is 0. The Morgan fingerprint density at radius 1 is 1.00 bits per heavy atom. The highest BCUT2D eigenvalue weighted by Crippen LogP contribution is 2.06. The number of ether oxygens (including phenoxy) is 3. The molecular formula is C14H31NO3. The molecule has 1 N–H and O–H groups in total. The molecule has 0 saturated heterocycles. The third-order valence-corrected chi connectivity index (χ3v) is 2.18. The summed E-state index contributed by atoms with van der Waals surface area (Å²) in [6, 6.07) is 0. The zero-order valence-corrected chi connectivity index (χ0v) is 13.1. The fraction of sp³-hybridized carbons (Fsp3) is 1.00. The summed E-state index contributed by atoms with van der Waals surface area (Å²) in [7, 11) is 1.69. The summed E-state index contributed by atoms with van der Waals surface area (Å²) >= 11 is 0. The van der Waals surface area contributed by atoms with Crippen molar-refractivity contribution in [3.63, 3.8) is 0 Å². The van der Waals surface area contributed by atoms with E-state index in [1.54, 1.807) is 7.11 Å². The van der Waals surface area contributed by atoms with Crippen molar-refractivity contribution >= 4 is 0 Å². The second-order valence-corrected chi connectivity index (χ2v) is 6.54.